The lowest BCUT2D eigenvalue weighted by atomic mass is 9.78. The summed E-state index contributed by atoms with van der Waals surface area (Å²) in [6.07, 6.45) is 2.52. The lowest BCUT2D eigenvalue weighted by Gasteiger charge is -2.41. The van der Waals surface area contributed by atoms with Crippen molar-refractivity contribution in [3.63, 3.8) is 0 Å². The molecule has 0 saturated carbocycles. The van der Waals surface area contributed by atoms with Crippen LogP contribution in [0.15, 0.2) is 10.9 Å². The standard InChI is InChI=1S/C19H28N4O3/c1-13(2)22-8-5-6-19(17(22)25)7-9-21(12-19)16(24)11-23-15(4)10-14(3)20-18(23)26/h10,13H,5-9,11-12H2,1-4H3/t19-/m1/s1. The molecule has 7 heteroatoms. The number of hydrogen-bond acceptors (Lipinski definition) is 4. The average molecular weight is 360 g/mol. The van der Waals surface area contributed by atoms with Crippen LogP contribution in [0.1, 0.15) is 44.5 Å². The summed E-state index contributed by atoms with van der Waals surface area (Å²) in [4.78, 5) is 45.4. The van der Waals surface area contributed by atoms with Crippen molar-refractivity contribution in [2.75, 3.05) is 19.6 Å². The Labute approximate surface area is 154 Å². The predicted molar refractivity (Wildman–Crippen MR) is 97.7 cm³/mol. The number of piperidine rings is 1. The first-order chi connectivity index (χ1) is 12.2. The molecule has 0 radical (unpaired) electrons. The third-order valence-corrected chi connectivity index (χ3v) is 5.74. The van der Waals surface area contributed by atoms with E-state index in [1.165, 1.54) is 4.57 Å². The summed E-state index contributed by atoms with van der Waals surface area (Å²) in [5, 5.41) is 0. The Morgan fingerprint density at radius 2 is 1.96 bits per heavy atom. The van der Waals surface area contributed by atoms with Gasteiger partial charge in [0.1, 0.15) is 6.54 Å². The normalized spacial score (nSPS) is 23.3. The SMILES string of the molecule is Cc1cc(C)n(CC(=O)N2CC[C@]3(CCCN(C(C)C)C3=O)C2)c(=O)n1. The molecule has 1 atom stereocenters. The predicted octanol–water partition coefficient (Wildman–Crippen LogP) is 1.11. The minimum atomic E-state index is -0.441. The molecule has 3 heterocycles. The van der Waals surface area contributed by atoms with Gasteiger partial charge in [0.05, 0.1) is 5.41 Å². The van der Waals surface area contributed by atoms with Crippen LogP contribution >= 0.6 is 0 Å². The van der Waals surface area contributed by atoms with Gasteiger partial charge in [0.25, 0.3) is 0 Å². The first-order valence-corrected chi connectivity index (χ1v) is 9.37. The van der Waals surface area contributed by atoms with E-state index in [2.05, 4.69) is 4.98 Å². The zero-order valence-corrected chi connectivity index (χ0v) is 16.1. The van der Waals surface area contributed by atoms with E-state index < -0.39 is 11.1 Å². The van der Waals surface area contributed by atoms with Gasteiger partial charge in [-0.1, -0.05) is 0 Å². The summed E-state index contributed by atoms with van der Waals surface area (Å²) in [6.45, 7) is 9.46. The maximum absolute atomic E-state index is 13.0. The molecule has 2 aliphatic rings. The largest absolute Gasteiger partial charge is 0.348 e. The molecule has 0 aromatic carbocycles. The molecule has 2 fully saturated rings. The number of carbonyl (C=O) groups excluding carboxylic acids is 2. The van der Waals surface area contributed by atoms with Crippen molar-refractivity contribution in [2.24, 2.45) is 5.41 Å². The molecule has 1 spiro atoms. The molecule has 2 amide bonds. The second-order valence-corrected chi connectivity index (χ2v) is 7.95. The first-order valence-electron chi connectivity index (χ1n) is 9.37. The minimum absolute atomic E-state index is 0.0177. The first kappa shape index (κ1) is 18.6. The third kappa shape index (κ3) is 3.27. The Balaban J connectivity index is 1.74. The van der Waals surface area contributed by atoms with E-state index >= 15 is 0 Å². The number of carbonyl (C=O) groups is 2. The summed E-state index contributed by atoms with van der Waals surface area (Å²) in [7, 11) is 0. The lowest BCUT2D eigenvalue weighted by Crippen LogP contribution is -2.52. The van der Waals surface area contributed by atoms with Crippen LogP contribution in [0.25, 0.3) is 0 Å². The van der Waals surface area contributed by atoms with Gasteiger partial charge in [-0.15, -0.1) is 0 Å². The Morgan fingerprint density at radius 3 is 2.62 bits per heavy atom. The topological polar surface area (TPSA) is 75.5 Å². The van der Waals surface area contributed by atoms with E-state index in [0.29, 0.717) is 25.2 Å². The Kier molecular flexibility index (Phi) is 4.90. The van der Waals surface area contributed by atoms with Crippen molar-refractivity contribution in [2.45, 2.75) is 59.5 Å². The van der Waals surface area contributed by atoms with E-state index in [1.54, 1.807) is 24.8 Å². The van der Waals surface area contributed by atoms with E-state index in [1.807, 2.05) is 18.7 Å². The highest BCUT2D eigenvalue weighted by molar-refractivity contribution is 5.86. The highest BCUT2D eigenvalue weighted by Gasteiger charge is 2.49. The number of amides is 2. The van der Waals surface area contributed by atoms with Gasteiger partial charge in [0.2, 0.25) is 11.8 Å². The molecule has 7 nitrogen and oxygen atoms in total. The highest BCUT2D eigenvalue weighted by Crippen LogP contribution is 2.40. The van der Waals surface area contributed by atoms with Crippen LogP contribution in [-0.4, -0.2) is 56.8 Å². The van der Waals surface area contributed by atoms with E-state index in [4.69, 9.17) is 0 Å². The summed E-state index contributed by atoms with van der Waals surface area (Å²) in [5.41, 5.74) is 0.538. The fourth-order valence-corrected chi connectivity index (χ4v) is 4.26. The number of aromatic nitrogens is 2. The molecular weight excluding hydrogens is 332 g/mol. The number of rotatable bonds is 3. The van der Waals surface area contributed by atoms with Crippen molar-refractivity contribution in [3.8, 4) is 0 Å². The molecular formula is C19H28N4O3. The fraction of sp³-hybridized carbons (Fsp3) is 0.684. The van der Waals surface area contributed by atoms with Crippen LogP contribution in [0.2, 0.25) is 0 Å². The number of aryl methyl sites for hydroxylation is 2. The van der Waals surface area contributed by atoms with Crippen LogP contribution in [0.3, 0.4) is 0 Å². The van der Waals surface area contributed by atoms with E-state index in [0.717, 1.165) is 25.1 Å². The van der Waals surface area contributed by atoms with Crippen molar-refractivity contribution in [3.05, 3.63) is 27.9 Å². The van der Waals surface area contributed by atoms with Gasteiger partial charge in [-0.25, -0.2) is 4.79 Å². The zero-order chi connectivity index (χ0) is 19.1. The third-order valence-electron chi connectivity index (χ3n) is 5.74. The van der Waals surface area contributed by atoms with Crippen LogP contribution in [0.4, 0.5) is 0 Å². The summed E-state index contributed by atoms with van der Waals surface area (Å²) >= 11 is 0. The molecule has 0 aliphatic carbocycles. The quantitative estimate of drug-likeness (QED) is 0.809. The maximum atomic E-state index is 13.0. The molecule has 26 heavy (non-hydrogen) atoms. The fourth-order valence-electron chi connectivity index (χ4n) is 4.26. The van der Waals surface area contributed by atoms with Gasteiger partial charge in [-0.2, -0.15) is 4.98 Å². The van der Waals surface area contributed by atoms with Crippen molar-refractivity contribution < 1.29 is 9.59 Å². The molecule has 2 aliphatic heterocycles. The van der Waals surface area contributed by atoms with Crippen molar-refractivity contribution in [1.82, 2.24) is 19.4 Å². The summed E-state index contributed by atoms with van der Waals surface area (Å²) in [5.74, 6) is 0.0617. The molecule has 0 N–H and O–H groups in total. The minimum Gasteiger partial charge on any atom is -0.340 e. The van der Waals surface area contributed by atoms with Gasteiger partial charge in [0, 0.05) is 37.1 Å². The molecule has 3 rings (SSSR count). The van der Waals surface area contributed by atoms with Crippen molar-refractivity contribution in [1.29, 1.82) is 0 Å². The molecule has 0 bridgehead atoms. The van der Waals surface area contributed by atoms with Gasteiger partial charge in [-0.05, 0) is 53.0 Å². The van der Waals surface area contributed by atoms with Crippen LogP contribution in [0, 0.1) is 19.3 Å². The van der Waals surface area contributed by atoms with Crippen molar-refractivity contribution >= 4 is 11.8 Å². The summed E-state index contributed by atoms with van der Waals surface area (Å²) < 4.78 is 1.41. The number of hydrogen-bond donors (Lipinski definition) is 0. The molecule has 2 saturated heterocycles. The Hall–Kier alpha value is -2.18. The molecule has 1 aromatic heterocycles. The molecule has 1 aromatic rings. The van der Waals surface area contributed by atoms with Crippen LogP contribution < -0.4 is 5.69 Å². The number of likely N-dealkylation sites (tertiary alicyclic amines) is 2. The van der Waals surface area contributed by atoms with Gasteiger partial charge in [0.15, 0.2) is 0 Å². The van der Waals surface area contributed by atoms with Gasteiger partial charge < -0.3 is 9.80 Å². The monoisotopic (exact) mass is 360 g/mol. The second-order valence-electron chi connectivity index (χ2n) is 7.95. The molecule has 142 valence electrons. The van der Waals surface area contributed by atoms with Gasteiger partial charge >= 0.3 is 5.69 Å². The van der Waals surface area contributed by atoms with Gasteiger partial charge in [-0.3, -0.25) is 14.2 Å². The van der Waals surface area contributed by atoms with Crippen LogP contribution in [0.5, 0.6) is 0 Å². The number of nitrogens with zero attached hydrogens (tertiary/aromatic N) is 4. The molecule has 0 unspecified atom stereocenters. The zero-order valence-electron chi connectivity index (χ0n) is 16.1. The second kappa shape index (κ2) is 6.85. The lowest BCUT2D eigenvalue weighted by molar-refractivity contribution is -0.148. The average Bonchev–Trinajstić information content (AvgIpc) is 2.98. The summed E-state index contributed by atoms with van der Waals surface area (Å²) in [6, 6.07) is 1.98. The smallest absolute Gasteiger partial charge is 0.340 e. The van der Waals surface area contributed by atoms with Crippen LogP contribution in [-0.2, 0) is 16.1 Å². The van der Waals surface area contributed by atoms with E-state index in [-0.39, 0.29) is 24.4 Å². The maximum Gasteiger partial charge on any atom is 0.348 e. The highest BCUT2D eigenvalue weighted by atomic mass is 16.2. The Morgan fingerprint density at radius 1 is 1.23 bits per heavy atom. The Bertz CT molecular complexity index is 785. The van der Waals surface area contributed by atoms with E-state index in [9.17, 15) is 14.4 Å².